The molecular formula is C33H41ClN2O5S. The van der Waals surface area contributed by atoms with Crippen LogP contribution in [0, 0.1) is 23.7 Å². The summed E-state index contributed by atoms with van der Waals surface area (Å²) in [5.74, 6) is 1.11. The fourth-order valence-electron chi connectivity index (χ4n) is 8.55. The molecule has 2 aromatic rings. The molecule has 1 spiro atoms. The SMILES string of the molecule is C[C@@H]1CC[C@H]2CC2[C@@](C)(O)[C@@H]2CC[C@H]2CN2C[C@@]3(CCCc4cc(Cl)ccc43)COc3ccc(cc32)C(=O)NS1(=O)=O. The molecule has 2 bridgehead atoms. The van der Waals surface area contributed by atoms with Crippen molar-refractivity contribution in [3.63, 3.8) is 0 Å². The summed E-state index contributed by atoms with van der Waals surface area (Å²) in [4.78, 5) is 15.7. The number of hydrogen-bond donors (Lipinski definition) is 2. The highest BCUT2D eigenvalue weighted by Gasteiger charge is 2.56. The number of benzene rings is 2. The predicted octanol–water partition coefficient (Wildman–Crippen LogP) is 5.47. The van der Waals surface area contributed by atoms with Crippen LogP contribution in [-0.4, -0.2) is 50.0 Å². The highest BCUT2D eigenvalue weighted by molar-refractivity contribution is 7.90. The molecule has 0 aromatic heterocycles. The third kappa shape index (κ3) is 4.82. The number of fused-ring (bicyclic) bond motifs is 5. The smallest absolute Gasteiger partial charge is 0.264 e. The first kappa shape index (κ1) is 28.5. The Kier molecular flexibility index (Phi) is 6.87. The van der Waals surface area contributed by atoms with Gasteiger partial charge in [-0.3, -0.25) is 4.79 Å². The largest absolute Gasteiger partial charge is 0.490 e. The van der Waals surface area contributed by atoms with Crippen LogP contribution < -0.4 is 14.4 Å². The number of amides is 1. The van der Waals surface area contributed by atoms with Crippen molar-refractivity contribution in [3.05, 3.63) is 58.1 Å². The topological polar surface area (TPSA) is 95.9 Å². The number of anilines is 1. The Bertz CT molecular complexity index is 1530. The molecule has 0 radical (unpaired) electrons. The molecule has 1 amide bonds. The van der Waals surface area contributed by atoms with E-state index >= 15 is 0 Å². The van der Waals surface area contributed by atoms with Crippen molar-refractivity contribution < 1.29 is 23.1 Å². The maximum absolute atomic E-state index is 13.3. The van der Waals surface area contributed by atoms with Gasteiger partial charge in [0.05, 0.1) is 23.1 Å². The highest BCUT2D eigenvalue weighted by atomic mass is 35.5. The second kappa shape index (κ2) is 10.1. The highest BCUT2D eigenvalue weighted by Crippen LogP contribution is 2.57. The van der Waals surface area contributed by atoms with Gasteiger partial charge in [-0.05, 0) is 130 Å². The second-order valence-corrected chi connectivity index (χ2v) is 16.5. The van der Waals surface area contributed by atoms with Gasteiger partial charge in [-0.1, -0.05) is 17.7 Å². The first-order valence-corrected chi connectivity index (χ1v) is 17.5. The van der Waals surface area contributed by atoms with E-state index in [1.807, 2.05) is 19.1 Å². The molecular weight excluding hydrogens is 572 g/mol. The lowest BCUT2D eigenvalue weighted by atomic mass is 9.63. The molecule has 1 unspecified atom stereocenters. The van der Waals surface area contributed by atoms with E-state index in [0.717, 1.165) is 62.2 Å². The lowest BCUT2D eigenvalue weighted by Crippen LogP contribution is -2.53. The number of aryl methyl sites for hydroxylation is 1. The summed E-state index contributed by atoms with van der Waals surface area (Å²) in [6, 6.07) is 11.5. The molecule has 2 saturated carbocycles. The fourth-order valence-corrected chi connectivity index (χ4v) is 9.76. The standard InChI is InChI=1S/C33H41ClN2O5S/c1-20-5-6-22-15-28(22)32(2,38)26-10-7-24(26)17-36-18-33(13-3-4-21-14-25(34)9-11-27(21)33)19-41-30-12-8-23(16-29(30)36)31(37)35-42(20,39)40/h8-9,11-12,14,16,20,22,24,26,28,38H,3-7,10,13,15,17-19H2,1-2H3,(H,35,37)/t20-,22+,24+,26-,28?,32+,33+/m1/s1. The Hall–Kier alpha value is -2.29. The monoisotopic (exact) mass is 612 g/mol. The van der Waals surface area contributed by atoms with Crippen molar-refractivity contribution in [2.24, 2.45) is 23.7 Å². The minimum Gasteiger partial charge on any atom is -0.490 e. The molecule has 0 saturated heterocycles. The quantitative estimate of drug-likeness (QED) is 0.410. The van der Waals surface area contributed by atoms with E-state index in [4.69, 9.17) is 16.3 Å². The lowest BCUT2D eigenvalue weighted by Gasteiger charge is -2.49. The Labute approximate surface area is 254 Å². The number of rotatable bonds is 0. The van der Waals surface area contributed by atoms with Crippen LogP contribution in [-0.2, 0) is 21.9 Å². The summed E-state index contributed by atoms with van der Waals surface area (Å²) in [7, 11) is -3.85. The van der Waals surface area contributed by atoms with Crippen molar-refractivity contribution in [1.82, 2.24) is 4.72 Å². The first-order valence-electron chi connectivity index (χ1n) is 15.6. The van der Waals surface area contributed by atoms with Crippen molar-refractivity contribution in [2.75, 3.05) is 24.6 Å². The summed E-state index contributed by atoms with van der Waals surface area (Å²) < 4.78 is 35.1. The number of hydrogen-bond acceptors (Lipinski definition) is 6. The molecule has 2 aromatic carbocycles. The van der Waals surface area contributed by atoms with Gasteiger partial charge in [-0.15, -0.1) is 0 Å². The number of nitrogens with zero attached hydrogens (tertiary/aromatic N) is 1. The van der Waals surface area contributed by atoms with Gasteiger partial charge in [0.15, 0.2) is 0 Å². The average Bonchev–Trinajstić information content (AvgIpc) is 3.73. The van der Waals surface area contributed by atoms with Gasteiger partial charge in [-0.2, -0.15) is 0 Å². The molecule has 7 rings (SSSR count). The Morgan fingerprint density at radius 3 is 2.67 bits per heavy atom. The molecule has 2 heterocycles. The molecule has 5 aliphatic rings. The van der Waals surface area contributed by atoms with Crippen LogP contribution in [0.3, 0.4) is 0 Å². The number of carbonyl (C=O) groups excluding carboxylic acids is 1. The molecule has 2 aliphatic heterocycles. The summed E-state index contributed by atoms with van der Waals surface area (Å²) in [5, 5.41) is 11.9. The number of sulfonamides is 1. The van der Waals surface area contributed by atoms with Gasteiger partial charge >= 0.3 is 0 Å². The van der Waals surface area contributed by atoms with E-state index in [2.05, 4.69) is 21.8 Å². The van der Waals surface area contributed by atoms with E-state index in [1.54, 1.807) is 19.1 Å². The van der Waals surface area contributed by atoms with Crippen LogP contribution in [0.1, 0.15) is 80.3 Å². The Balaban J connectivity index is 1.31. The molecule has 42 heavy (non-hydrogen) atoms. The Morgan fingerprint density at radius 2 is 1.88 bits per heavy atom. The zero-order chi connectivity index (χ0) is 29.4. The van der Waals surface area contributed by atoms with Crippen LogP contribution in [0.15, 0.2) is 36.4 Å². The van der Waals surface area contributed by atoms with Crippen molar-refractivity contribution in [3.8, 4) is 5.75 Å². The molecule has 226 valence electrons. The van der Waals surface area contributed by atoms with E-state index in [-0.39, 0.29) is 17.3 Å². The molecule has 7 nitrogen and oxygen atoms in total. The van der Waals surface area contributed by atoms with E-state index in [1.165, 1.54) is 11.1 Å². The van der Waals surface area contributed by atoms with Crippen LogP contribution in [0.4, 0.5) is 5.69 Å². The molecule has 2 N–H and O–H groups in total. The minimum absolute atomic E-state index is 0.189. The predicted molar refractivity (Wildman–Crippen MR) is 164 cm³/mol. The third-order valence-electron chi connectivity index (χ3n) is 11.3. The summed E-state index contributed by atoms with van der Waals surface area (Å²) >= 11 is 6.40. The zero-order valence-corrected chi connectivity index (χ0v) is 26.0. The number of aliphatic hydroxyl groups is 1. The summed E-state index contributed by atoms with van der Waals surface area (Å²) in [6.45, 7) is 5.65. The van der Waals surface area contributed by atoms with E-state index in [0.29, 0.717) is 42.7 Å². The normalized spacial score (nSPS) is 37.2. The van der Waals surface area contributed by atoms with Crippen LogP contribution in [0.25, 0.3) is 0 Å². The van der Waals surface area contributed by atoms with Crippen LogP contribution >= 0.6 is 11.6 Å². The van der Waals surface area contributed by atoms with Crippen molar-refractivity contribution in [2.45, 2.75) is 81.5 Å². The first-order chi connectivity index (χ1) is 20.0. The third-order valence-corrected chi connectivity index (χ3v) is 13.3. The molecule has 2 fully saturated rings. The minimum atomic E-state index is -3.85. The maximum atomic E-state index is 13.3. The van der Waals surface area contributed by atoms with Gasteiger partial charge < -0.3 is 14.7 Å². The van der Waals surface area contributed by atoms with Crippen LogP contribution in [0.5, 0.6) is 5.75 Å². The second-order valence-electron chi connectivity index (χ2n) is 13.9. The zero-order valence-electron chi connectivity index (χ0n) is 24.4. The molecule has 3 aliphatic carbocycles. The average molecular weight is 613 g/mol. The number of nitrogens with one attached hydrogen (secondary N) is 1. The maximum Gasteiger partial charge on any atom is 0.264 e. The van der Waals surface area contributed by atoms with Gasteiger partial charge in [0, 0.05) is 29.1 Å². The van der Waals surface area contributed by atoms with E-state index < -0.39 is 26.8 Å². The van der Waals surface area contributed by atoms with Crippen molar-refractivity contribution in [1.29, 1.82) is 0 Å². The van der Waals surface area contributed by atoms with Gasteiger partial charge in [-0.25, -0.2) is 13.1 Å². The molecule has 9 heteroatoms. The summed E-state index contributed by atoms with van der Waals surface area (Å²) in [5.41, 5.74) is 2.63. The van der Waals surface area contributed by atoms with Crippen LogP contribution in [0.2, 0.25) is 5.02 Å². The summed E-state index contributed by atoms with van der Waals surface area (Å²) in [6.07, 6.45) is 7.19. The van der Waals surface area contributed by atoms with Gasteiger partial charge in [0.2, 0.25) is 10.0 Å². The van der Waals surface area contributed by atoms with E-state index in [9.17, 15) is 18.3 Å². The van der Waals surface area contributed by atoms with Gasteiger partial charge in [0.25, 0.3) is 5.91 Å². The molecule has 7 atom stereocenters. The van der Waals surface area contributed by atoms with Gasteiger partial charge in [0.1, 0.15) is 5.75 Å². The number of carbonyl (C=O) groups is 1. The Morgan fingerprint density at radius 1 is 1.07 bits per heavy atom. The van der Waals surface area contributed by atoms with Crippen molar-refractivity contribution >= 4 is 33.2 Å². The number of halogens is 1. The lowest BCUT2D eigenvalue weighted by molar-refractivity contribution is -0.0868. The fraction of sp³-hybridized carbons (Fsp3) is 0.606. The number of ether oxygens (including phenoxy) is 1.